The highest BCUT2D eigenvalue weighted by molar-refractivity contribution is 6.04. The van der Waals surface area contributed by atoms with Gasteiger partial charge in [-0.3, -0.25) is 9.59 Å². The van der Waals surface area contributed by atoms with E-state index in [9.17, 15) is 9.59 Å². The molecule has 0 saturated heterocycles. The largest absolute Gasteiger partial charge is 0.369 e. The second-order valence-electron chi connectivity index (χ2n) is 7.00. The number of allylic oxidation sites excluding steroid dienone is 3. The van der Waals surface area contributed by atoms with Crippen molar-refractivity contribution >= 4 is 11.8 Å². The van der Waals surface area contributed by atoms with E-state index in [0.29, 0.717) is 19.5 Å². The summed E-state index contributed by atoms with van der Waals surface area (Å²) in [5.74, 6) is -0.745. The van der Waals surface area contributed by atoms with Gasteiger partial charge in [0.2, 0.25) is 11.8 Å². The van der Waals surface area contributed by atoms with Crippen LogP contribution < -0.4 is 5.73 Å². The van der Waals surface area contributed by atoms with Gasteiger partial charge in [-0.15, -0.1) is 6.58 Å². The van der Waals surface area contributed by atoms with Crippen LogP contribution >= 0.6 is 0 Å². The molecular formula is C22H40N2O2. The van der Waals surface area contributed by atoms with E-state index in [0.717, 1.165) is 12.8 Å². The van der Waals surface area contributed by atoms with Crippen molar-refractivity contribution in [2.75, 3.05) is 13.1 Å². The van der Waals surface area contributed by atoms with Crippen molar-refractivity contribution < 1.29 is 9.59 Å². The quantitative estimate of drug-likeness (QED) is 0.238. The third kappa shape index (κ3) is 8.20. The third-order valence-electron chi connectivity index (χ3n) is 5.03. The van der Waals surface area contributed by atoms with Crippen LogP contribution in [-0.4, -0.2) is 29.8 Å². The summed E-state index contributed by atoms with van der Waals surface area (Å²) >= 11 is 0. The number of carbonyl (C=O) groups is 2. The zero-order chi connectivity index (χ0) is 19.8. The molecule has 26 heavy (non-hydrogen) atoms. The lowest BCUT2D eigenvalue weighted by Gasteiger charge is -2.32. The lowest BCUT2D eigenvalue weighted by atomic mass is 9.78. The summed E-state index contributed by atoms with van der Waals surface area (Å²) in [6.07, 6.45) is 16.2. The van der Waals surface area contributed by atoms with E-state index in [1.165, 1.54) is 38.5 Å². The van der Waals surface area contributed by atoms with E-state index in [4.69, 9.17) is 5.73 Å². The number of nitrogens with zero attached hydrogens (tertiary/aromatic N) is 1. The Morgan fingerprint density at radius 2 is 1.50 bits per heavy atom. The first-order valence-electron chi connectivity index (χ1n) is 10.3. The molecule has 0 aromatic rings. The van der Waals surface area contributed by atoms with Gasteiger partial charge in [-0.2, -0.15) is 0 Å². The monoisotopic (exact) mass is 364 g/mol. The van der Waals surface area contributed by atoms with Crippen molar-refractivity contribution in [2.45, 2.75) is 85.0 Å². The summed E-state index contributed by atoms with van der Waals surface area (Å²) in [5, 5.41) is 0. The molecule has 0 aromatic carbocycles. The summed E-state index contributed by atoms with van der Waals surface area (Å²) in [7, 11) is 0. The van der Waals surface area contributed by atoms with Crippen molar-refractivity contribution in [1.82, 2.24) is 4.90 Å². The van der Waals surface area contributed by atoms with Crippen LogP contribution in [0.15, 0.2) is 24.8 Å². The molecule has 1 atom stereocenters. The molecule has 4 nitrogen and oxygen atoms in total. The van der Waals surface area contributed by atoms with Crippen LogP contribution in [0.25, 0.3) is 0 Å². The Labute approximate surface area is 160 Å². The highest BCUT2D eigenvalue weighted by atomic mass is 16.2. The van der Waals surface area contributed by atoms with Crippen molar-refractivity contribution in [3.8, 4) is 0 Å². The molecule has 0 spiro atoms. The van der Waals surface area contributed by atoms with Crippen LogP contribution in [-0.2, 0) is 9.59 Å². The lowest BCUT2D eigenvalue weighted by molar-refractivity contribution is -0.148. The summed E-state index contributed by atoms with van der Waals surface area (Å²) in [4.78, 5) is 26.7. The van der Waals surface area contributed by atoms with Gasteiger partial charge in [0, 0.05) is 13.1 Å². The molecule has 0 radical (unpaired) electrons. The minimum Gasteiger partial charge on any atom is -0.369 e. The summed E-state index contributed by atoms with van der Waals surface area (Å²) in [6, 6.07) is 0. The van der Waals surface area contributed by atoms with E-state index in [1.807, 2.05) is 19.9 Å². The second kappa shape index (κ2) is 14.6. The number of nitrogens with two attached hydrogens (primary N) is 1. The van der Waals surface area contributed by atoms with Crippen LogP contribution in [0.1, 0.15) is 85.0 Å². The Morgan fingerprint density at radius 3 is 2.00 bits per heavy atom. The van der Waals surface area contributed by atoms with Crippen molar-refractivity contribution in [1.29, 1.82) is 0 Å². The fourth-order valence-electron chi connectivity index (χ4n) is 3.25. The van der Waals surface area contributed by atoms with Gasteiger partial charge in [-0.25, -0.2) is 0 Å². The van der Waals surface area contributed by atoms with Gasteiger partial charge in [0.05, 0.1) is 0 Å². The Hall–Kier alpha value is -1.58. The minimum absolute atomic E-state index is 0.185. The average molecular weight is 365 g/mol. The lowest BCUT2D eigenvalue weighted by Crippen LogP contribution is -2.51. The van der Waals surface area contributed by atoms with Crippen LogP contribution in [0.2, 0.25) is 0 Å². The van der Waals surface area contributed by atoms with Gasteiger partial charge < -0.3 is 10.6 Å². The highest BCUT2D eigenvalue weighted by Gasteiger charge is 2.44. The Morgan fingerprint density at radius 1 is 0.923 bits per heavy atom. The maximum Gasteiger partial charge on any atom is 0.238 e. The van der Waals surface area contributed by atoms with Gasteiger partial charge in [0.15, 0.2) is 0 Å². The molecule has 0 rings (SSSR count). The molecule has 150 valence electrons. The zero-order valence-corrected chi connectivity index (χ0v) is 17.3. The topological polar surface area (TPSA) is 63.4 Å². The predicted molar refractivity (Wildman–Crippen MR) is 111 cm³/mol. The highest BCUT2D eigenvalue weighted by Crippen LogP contribution is 2.30. The van der Waals surface area contributed by atoms with E-state index in [1.54, 1.807) is 11.0 Å². The molecule has 0 aliphatic rings. The Kier molecular flexibility index (Phi) is 13.7. The molecule has 0 fully saturated rings. The molecular weight excluding hydrogens is 324 g/mol. The number of amides is 2. The molecule has 0 heterocycles. The number of rotatable bonds is 16. The third-order valence-corrected chi connectivity index (χ3v) is 5.03. The van der Waals surface area contributed by atoms with Crippen LogP contribution in [0.3, 0.4) is 0 Å². The van der Waals surface area contributed by atoms with Crippen LogP contribution in [0.4, 0.5) is 0 Å². The van der Waals surface area contributed by atoms with E-state index in [-0.39, 0.29) is 12.3 Å². The number of primary amides is 1. The molecule has 0 aromatic heterocycles. The normalized spacial score (nSPS) is 13.5. The maximum atomic E-state index is 12.9. The predicted octanol–water partition coefficient (Wildman–Crippen LogP) is 4.99. The van der Waals surface area contributed by atoms with Gasteiger partial charge in [-0.05, 0) is 39.5 Å². The number of hydrogen-bond donors (Lipinski definition) is 1. The van der Waals surface area contributed by atoms with Crippen molar-refractivity contribution in [2.24, 2.45) is 11.1 Å². The number of carbonyl (C=O) groups excluding carboxylic acids is 2. The first kappa shape index (κ1) is 24.4. The standard InChI is InChI=1S/C22H40N2O2/c1-5-9-10-11-12-13-14-15-16-17-19-22(18-6-2,20(23)25)21(26)24(7-3)8-4/h6,16-17H,2,5,7-15,18-19H2,1,3-4H3,(H2,23,25). The summed E-state index contributed by atoms with van der Waals surface area (Å²) in [6.45, 7) is 10.9. The minimum atomic E-state index is -1.20. The molecule has 2 N–H and O–H groups in total. The van der Waals surface area contributed by atoms with E-state index < -0.39 is 11.3 Å². The molecule has 0 saturated carbocycles. The van der Waals surface area contributed by atoms with Gasteiger partial charge in [-0.1, -0.05) is 63.7 Å². The fraction of sp³-hybridized carbons (Fsp3) is 0.727. The second-order valence-corrected chi connectivity index (χ2v) is 7.00. The SMILES string of the molecule is C=CCC(CC=CCCCCCCCCC)(C(N)=O)C(=O)N(CC)CC. The van der Waals surface area contributed by atoms with Gasteiger partial charge in [0.25, 0.3) is 0 Å². The molecule has 2 amide bonds. The Bertz CT molecular complexity index is 441. The van der Waals surface area contributed by atoms with E-state index >= 15 is 0 Å². The van der Waals surface area contributed by atoms with Gasteiger partial charge >= 0.3 is 0 Å². The molecule has 1 unspecified atom stereocenters. The summed E-state index contributed by atoms with van der Waals surface area (Å²) in [5.41, 5.74) is 4.45. The first-order valence-corrected chi connectivity index (χ1v) is 10.3. The molecule has 0 aliphatic heterocycles. The fourth-order valence-corrected chi connectivity index (χ4v) is 3.25. The molecule has 4 heteroatoms. The molecule has 0 aliphatic carbocycles. The Balaban J connectivity index is 4.63. The number of hydrogen-bond acceptors (Lipinski definition) is 2. The average Bonchev–Trinajstić information content (AvgIpc) is 2.63. The maximum absolute atomic E-state index is 12.9. The van der Waals surface area contributed by atoms with Crippen LogP contribution in [0, 0.1) is 5.41 Å². The zero-order valence-electron chi connectivity index (χ0n) is 17.3. The van der Waals surface area contributed by atoms with Crippen molar-refractivity contribution in [3.05, 3.63) is 24.8 Å². The smallest absolute Gasteiger partial charge is 0.238 e. The van der Waals surface area contributed by atoms with Crippen molar-refractivity contribution in [3.63, 3.8) is 0 Å². The van der Waals surface area contributed by atoms with Crippen LogP contribution in [0.5, 0.6) is 0 Å². The van der Waals surface area contributed by atoms with Gasteiger partial charge in [0.1, 0.15) is 5.41 Å². The first-order chi connectivity index (χ1) is 12.5. The molecule has 0 bridgehead atoms. The summed E-state index contributed by atoms with van der Waals surface area (Å²) < 4.78 is 0. The van der Waals surface area contributed by atoms with E-state index in [2.05, 4.69) is 19.6 Å². The number of unbranched alkanes of at least 4 members (excludes halogenated alkanes) is 7.